The van der Waals surface area contributed by atoms with Gasteiger partial charge < -0.3 is 15.0 Å². The monoisotopic (exact) mass is 276 g/mol. The SMILES string of the molecule is CN(C(=O)C1CCOCC1)C1CCCNCC1.Cl. The molecule has 2 aliphatic heterocycles. The van der Waals surface area contributed by atoms with Gasteiger partial charge in [0, 0.05) is 32.2 Å². The minimum atomic E-state index is 0. The molecule has 2 fully saturated rings. The highest BCUT2D eigenvalue weighted by Crippen LogP contribution is 2.20. The van der Waals surface area contributed by atoms with Crippen molar-refractivity contribution in [2.45, 2.75) is 38.1 Å². The van der Waals surface area contributed by atoms with E-state index in [4.69, 9.17) is 4.74 Å². The largest absolute Gasteiger partial charge is 0.381 e. The number of nitrogens with one attached hydrogen (secondary N) is 1. The van der Waals surface area contributed by atoms with Gasteiger partial charge in [0.25, 0.3) is 0 Å². The van der Waals surface area contributed by atoms with Gasteiger partial charge in [0.05, 0.1) is 0 Å². The highest BCUT2D eigenvalue weighted by Gasteiger charge is 2.28. The molecule has 0 radical (unpaired) electrons. The number of amides is 1. The van der Waals surface area contributed by atoms with Crippen LogP contribution in [-0.4, -0.2) is 50.2 Å². The molecule has 18 heavy (non-hydrogen) atoms. The average Bonchev–Trinajstić information content (AvgIpc) is 2.67. The molecule has 0 aromatic heterocycles. The van der Waals surface area contributed by atoms with Crippen molar-refractivity contribution < 1.29 is 9.53 Å². The Hall–Kier alpha value is -0.320. The second-order valence-corrected chi connectivity index (χ2v) is 5.17. The zero-order chi connectivity index (χ0) is 12.1. The van der Waals surface area contributed by atoms with E-state index in [2.05, 4.69) is 5.32 Å². The van der Waals surface area contributed by atoms with Crippen LogP contribution in [-0.2, 0) is 9.53 Å². The molecule has 0 saturated carbocycles. The van der Waals surface area contributed by atoms with E-state index in [1.54, 1.807) is 0 Å². The normalized spacial score (nSPS) is 25.9. The van der Waals surface area contributed by atoms with Crippen LogP contribution in [0.2, 0.25) is 0 Å². The van der Waals surface area contributed by atoms with E-state index in [-0.39, 0.29) is 18.3 Å². The molecule has 4 nitrogen and oxygen atoms in total. The molecular weight excluding hydrogens is 252 g/mol. The molecule has 1 N–H and O–H groups in total. The van der Waals surface area contributed by atoms with Crippen molar-refractivity contribution >= 4 is 18.3 Å². The minimum Gasteiger partial charge on any atom is -0.381 e. The third-order valence-electron chi connectivity index (χ3n) is 4.01. The summed E-state index contributed by atoms with van der Waals surface area (Å²) in [5.74, 6) is 0.533. The summed E-state index contributed by atoms with van der Waals surface area (Å²) in [4.78, 5) is 14.4. The van der Waals surface area contributed by atoms with E-state index in [0.717, 1.165) is 52.0 Å². The Morgan fingerprint density at radius 1 is 1.17 bits per heavy atom. The van der Waals surface area contributed by atoms with Crippen LogP contribution in [0.5, 0.6) is 0 Å². The molecular formula is C13H25ClN2O2. The molecule has 1 amide bonds. The Morgan fingerprint density at radius 2 is 1.89 bits per heavy atom. The number of rotatable bonds is 2. The van der Waals surface area contributed by atoms with Gasteiger partial charge in [-0.15, -0.1) is 12.4 Å². The standard InChI is InChI=1S/C13H24N2O2.ClH/c1-15(12-3-2-7-14-8-4-12)13(16)11-5-9-17-10-6-11;/h11-12,14H,2-10H2,1H3;1H. The van der Waals surface area contributed by atoms with Gasteiger partial charge in [-0.25, -0.2) is 0 Å². The number of hydrogen-bond donors (Lipinski definition) is 1. The summed E-state index contributed by atoms with van der Waals surface area (Å²) >= 11 is 0. The predicted octanol–water partition coefficient (Wildman–Crippen LogP) is 1.44. The Kier molecular flexibility index (Phi) is 6.97. The lowest BCUT2D eigenvalue weighted by Crippen LogP contribution is -2.42. The Bertz CT molecular complexity index is 249. The highest BCUT2D eigenvalue weighted by atomic mass is 35.5. The molecule has 0 aromatic rings. The first kappa shape index (κ1) is 15.7. The lowest BCUT2D eigenvalue weighted by Gasteiger charge is -2.32. The fourth-order valence-corrected chi connectivity index (χ4v) is 2.80. The second-order valence-electron chi connectivity index (χ2n) is 5.17. The van der Waals surface area contributed by atoms with Crippen molar-refractivity contribution in [3.05, 3.63) is 0 Å². The summed E-state index contributed by atoms with van der Waals surface area (Å²) < 4.78 is 5.31. The van der Waals surface area contributed by atoms with Crippen LogP contribution in [0, 0.1) is 5.92 Å². The van der Waals surface area contributed by atoms with Crippen LogP contribution < -0.4 is 5.32 Å². The van der Waals surface area contributed by atoms with Crippen molar-refractivity contribution in [3.8, 4) is 0 Å². The first-order valence-electron chi connectivity index (χ1n) is 6.84. The van der Waals surface area contributed by atoms with Crippen molar-refractivity contribution in [2.24, 2.45) is 5.92 Å². The maximum absolute atomic E-state index is 12.4. The van der Waals surface area contributed by atoms with Crippen LogP contribution in [0.25, 0.3) is 0 Å². The summed E-state index contributed by atoms with van der Waals surface area (Å²) in [5.41, 5.74) is 0. The van der Waals surface area contributed by atoms with Crippen LogP contribution in [0.15, 0.2) is 0 Å². The lowest BCUT2D eigenvalue weighted by molar-refractivity contribution is -0.139. The number of carbonyl (C=O) groups excluding carboxylic acids is 1. The van der Waals surface area contributed by atoms with E-state index in [1.165, 1.54) is 6.42 Å². The fourth-order valence-electron chi connectivity index (χ4n) is 2.80. The smallest absolute Gasteiger partial charge is 0.225 e. The van der Waals surface area contributed by atoms with E-state index < -0.39 is 0 Å². The Balaban J connectivity index is 0.00000162. The quantitative estimate of drug-likeness (QED) is 0.830. The van der Waals surface area contributed by atoms with Gasteiger partial charge >= 0.3 is 0 Å². The highest BCUT2D eigenvalue weighted by molar-refractivity contribution is 5.85. The lowest BCUT2D eigenvalue weighted by atomic mass is 9.97. The summed E-state index contributed by atoms with van der Waals surface area (Å²) in [6.45, 7) is 3.62. The number of halogens is 1. The molecule has 2 saturated heterocycles. The zero-order valence-corrected chi connectivity index (χ0v) is 12.0. The third kappa shape index (κ3) is 4.11. The van der Waals surface area contributed by atoms with Crippen molar-refractivity contribution in [3.63, 3.8) is 0 Å². The van der Waals surface area contributed by atoms with Gasteiger partial charge in [-0.2, -0.15) is 0 Å². The van der Waals surface area contributed by atoms with Crippen molar-refractivity contribution in [1.82, 2.24) is 10.2 Å². The first-order chi connectivity index (χ1) is 8.29. The van der Waals surface area contributed by atoms with Gasteiger partial charge in [0.15, 0.2) is 0 Å². The van der Waals surface area contributed by atoms with Crippen molar-refractivity contribution in [2.75, 3.05) is 33.4 Å². The molecule has 1 atom stereocenters. The maximum Gasteiger partial charge on any atom is 0.225 e. The summed E-state index contributed by atoms with van der Waals surface area (Å²) in [7, 11) is 1.98. The molecule has 1 unspecified atom stereocenters. The third-order valence-corrected chi connectivity index (χ3v) is 4.01. The van der Waals surface area contributed by atoms with Gasteiger partial charge in [0.2, 0.25) is 5.91 Å². The minimum absolute atomic E-state index is 0. The van der Waals surface area contributed by atoms with Crippen molar-refractivity contribution in [1.29, 1.82) is 0 Å². The Morgan fingerprint density at radius 3 is 2.61 bits per heavy atom. The second kappa shape index (κ2) is 7.97. The molecule has 2 aliphatic rings. The van der Waals surface area contributed by atoms with E-state index in [1.807, 2.05) is 11.9 Å². The molecule has 0 bridgehead atoms. The number of nitrogens with zero attached hydrogens (tertiary/aromatic N) is 1. The van der Waals surface area contributed by atoms with E-state index in [9.17, 15) is 4.79 Å². The predicted molar refractivity (Wildman–Crippen MR) is 74.1 cm³/mol. The fraction of sp³-hybridized carbons (Fsp3) is 0.923. The molecule has 0 aromatic carbocycles. The topological polar surface area (TPSA) is 41.6 Å². The number of hydrogen-bond acceptors (Lipinski definition) is 3. The van der Waals surface area contributed by atoms with Gasteiger partial charge in [0.1, 0.15) is 0 Å². The number of carbonyl (C=O) groups is 1. The first-order valence-corrected chi connectivity index (χ1v) is 6.84. The molecule has 2 heterocycles. The summed E-state index contributed by atoms with van der Waals surface area (Å²) in [5, 5.41) is 3.39. The Labute approximate surface area is 116 Å². The number of ether oxygens (including phenoxy) is 1. The van der Waals surface area contributed by atoms with Crippen LogP contribution in [0.1, 0.15) is 32.1 Å². The zero-order valence-electron chi connectivity index (χ0n) is 11.2. The average molecular weight is 277 g/mol. The molecule has 106 valence electrons. The van der Waals surface area contributed by atoms with Crippen LogP contribution >= 0.6 is 12.4 Å². The summed E-state index contributed by atoms with van der Waals surface area (Å²) in [6.07, 6.45) is 5.20. The van der Waals surface area contributed by atoms with Crippen LogP contribution in [0.3, 0.4) is 0 Å². The molecule has 5 heteroatoms. The van der Waals surface area contributed by atoms with Gasteiger partial charge in [-0.3, -0.25) is 4.79 Å². The van der Waals surface area contributed by atoms with Gasteiger partial charge in [-0.1, -0.05) is 0 Å². The maximum atomic E-state index is 12.4. The molecule has 0 aliphatic carbocycles. The van der Waals surface area contributed by atoms with Crippen LogP contribution in [0.4, 0.5) is 0 Å². The van der Waals surface area contributed by atoms with E-state index in [0.29, 0.717) is 11.9 Å². The van der Waals surface area contributed by atoms with E-state index >= 15 is 0 Å². The molecule has 0 spiro atoms. The molecule has 2 rings (SSSR count). The van der Waals surface area contributed by atoms with Gasteiger partial charge in [-0.05, 0) is 45.2 Å². The summed E-state index contributed by atoms with van der Waals surface area (Å²) in [6, 6.07) is 0.431.